The molecular formula is C27H31N7O4S2. The van der Waals surface area contributed by atoms with Crippen LogP contribution in [0.4, 0.5) is 5.13 Å². The highest BCUT2D eigenvalue weighted by Crippen LogP contribution is 2.25. The molecule has 0 aliphatic heterocycles. The van der Waals surface area contributed by atoms with Gasteiger partial charge in [-0.2, -0.15) is 0 Å². The van der Waals surface area contributed by atoms with E-state index in [0.29, 0.717) is 34.9 Å². The molecule has 0 saturated carbocycles. The fourth-order valence-electron chi connectivity index (χ4n) is 3.56. The van der Waals surface area contributed by atoms with E-state index in [0.717, 1.165) is 35.0 Å². The number of nitrogens with zero attached hydrogens (tertiary/aromatic N) is 5. The molecule has 2 aromatic carbocycles. The fourth-order valence-corrected chi connectivity index (χ4v) is 4.94. The van der Waals surface area contributed by atoms with Crippen molar-refractivity contribution < 1.29 is 19.1 Å². The number of aryl methyl sites for hydroxylation is 1. The fraction of sp³-hybridized carbons (Fsp3) is 0.333. The number of carbonyl (C=O) groups excluding carboxylic acids is 2. The zero-order valence-electron chi connectivity index (χ0n) is 22.5. The third kappa shape index (κ3) is 8.02. The summed E-state index contributed by atoms with van der Waals surface area (Å²) in [7, 11) is 0. The molecule has 2 amide bonds. The first kappa shape index (κ1) is 29.0. The number of amides is 2. The molecule has 210 valence electrons. The van der Waals surface area contributed by atoms with E-state index in [-0.39, 0.29) is 24.1 Å². The highest BCUT2D eigenvalue weighted by Gasteiger charge is 2.18. The van der Waals surface area contributed by atoms with Crippen LogP contribution >= 0.6 is 23.1 Å². The normalized spacial score (nSPS) is 10.8. The first-order chi connectivity index (χ1) is 19.5. The third-order valence-electron chi connectivity index (χ3n) is 5.50. The molecule has 0 atom stereocenters. The number of anilines is 1. The van der Waals surface area contributed by atoms with Gasteiger partial charge in [0.2, 0.25) is 11.0 Å². The Balaban J connectivity index is 1.46. The Morgan fingerprint density at radius 1 is 0.950 bits per heavy atom. The maximum atomic E-state index is 12.9. The largest absolute Gasteiger partial charge is 0.494 e. The lowest BCUT2D eigenvalue weighted by atomic mass is 10.2. The third-order valence-corrected chi connectivity index (χ3v) is 7.18. The molecule has 0 radical (unpaired) electrons. The van der Waals surface area contributed by atoms with Crippen molar-refractivity contribution in [2.75, 3.05) is 24.3 Å². The van der Waals surface area contributed by atoms with Crippen LogP contribution in [-0.4, -0.2) is 55.7 Å². The minimum absolute atomic E-state index is 0.0901. The quantitative estimate of drug-likeness (QED) is 0.161. The summed E-state index contributed by atoms with van der Waals surface area (Å²) in [6.07, 6.45) is 2.03. The molecule has 0 bridgehead atoms. The number of aromatic nitrogens is 5. The molecule has 2 N–H and O–H groups in total. The molecule has 0 fully saturated rings. The number of benzene rings is 2. The van der Waals surface area contributed by atoms with Crippen LogP contribution in [0.15, 0.2) is 53.7 Å². The summed E-state index contributed by atoms with van der Waals surface area (Å²) in [5, 5.41) is 23.8. The molecule has 13 heteroatoms. The van der Waals surface area contributed by atoms with Gasteiger partial charge in [-0.1, -0.05) is 36.4 Å². The number of rotatable bonds is 14. The second-order valence-electron chi connectivity index (χ2n) is 8.53. The summed E-state index contributed by atoms with van der Waals surface area (Å²) in [6, 6.07) is 14.5. The first-order valence-electron chi connectivity index (χ1n) is 12.9. The standard InChI is InChI=1S/C27H31N7O4S2/c1-4-6-15-38-22-11-7-19(8-12-22)25(36)28-16-23-31-33-27(34(23)20-9-13-21(14-10-20)37-5-2)39-17-24(35)29-26-32-30-18(3)40-26/h7-14H,4-6,15-17H2,1-3H3,(H,28,36)(H,29,32,35). The number of unbranched alkanes of at least 4 members (excludes halogenated alkanes) is 1. The van der Waals surface area contributed by atoms with Crippen molar-refractivity contribution in [2.45, 2.75) is 45.3 Å². The number of nitrogens with one attached hydrogen (secondary N) is 2. The molecule has 2 heterocycles. The van der Waals surface area contributed by atoms with Crippen molar-refractivity contribution in [3.05, 3.63) is 64.9 Å². The van der Waals surface area contributed by atoms with E-state index >= 15 is 0 Å². The molecule has 0 aliphatic carbocycles. The number of carbonyl (C=O) groups is 2. The molecule has 0 saturated heterocycles. The molecule has 40 heavy (non-hydrogen) atoms. The molecule has 2 aromatic heterocycles. The van der Waals surface area contributed by atoms with E-state index in [1.807, 2.05) is 42.7 Å². The number of hydrogen-bond donors (Lipinski definition) is 2. The van der Waals surface area contributed by atoms with Crippen molar-refractivity contribution in [2.24, 2.45) is 0 Å². The molecule has 4 rings (SSSR count). The van der Waals surface area contributed by atoms with Crippen LogP contribution in [-0.2, 0) is 11.3 Å². The Kier molecular flexibility index (Phi) is 10.5. The summed E-state index contributed by atoms with van der Waals surface area (Å²) >= 11 is 2.53. The van der Waals surface area contributed by atoms with Crippen molar-refractivity contribution in [1.82, 2.24) is 30.3 Å². The highest BCUT2D eigenvalue weighted by atomic mass is 32.2. The SMILES string of the molecule is CCCCOc1ccc(C(=O)NCc2nnc(SCC(=O)Nc3nnc(C)s3)n2-c2ccc(OCC)cc2)cc1. The van der Waals surface area contributed by atoms with E-state index in [1.54, 1.807) is 24.3 Å². The van der Waals surface area contributed by atoms with E-state index in [1.165, 1.54) is 23.1 Å². The van der Waals surface area contributed by atoms with Gasteiger partial charge in [-0.15, -0.1) is 20.4 Å². The van der Waals surface area contributed by atoms with Crippen LogP contribution < -0.4 is 20.1 Å². The smallest absolute Gasteiger partial charge is 0.251 e. The van der Waals surface area contributed by atoms with Crippen molar-refractivity contribution in [1.29, 1.82) is 0 Å². The van der Waals surface area contributed by atoms with Gasteiger partial charge in [0.1, 0.15) is 16.5 Å². The molecule has 0 spiro atoms. The molecular weight excluding hydrogens is 550 g/mol. The minimum atomic E-state index is -0.248. The van der Waals surface area contributed by atoms with Crippen molar-refractivity contribution >= 4 is 40.0 Å². The van der Waals surface area contributed by atoms with Crippen LogP contribution in [0, 0.1) is 6.92 Å². The van der Waals surface area contributed by atoms with Crippen LogP contribution in [0.1, 0.15) is 47.9 Å². The van der Waals surface area contributed by atoms with Crippen LogP contribution in [0.25, 0.3) is 5.69 Å². The van der Waals surface area contributed by atoms with Gasteiger partial charge in [-0.25, -0.2) is 0 Å². The van der Waals surface area contributed by atoms with Gasteiger partial charge < -0.3 is 14.8 Å². The summed E-state index contributed by atoms with van der Waals surface area (Å²) in [5.74, 6) is 1.58. The lowest BCUT2D eigenvalue weighted by molar-refractivity contribution is -0.113. The van der Waals surface area contributed by atoms with Gasteiger partial charge in [-0.3, -0.25) is 19.5 Å². The van der Waals surface area contributed by atoms with Gasteiger partial charge in [0.25, 0.3) is 5.91 Å². The zero-order chi connectivity index (χ0) is 28.3. The predicted octanol–water partition coefficient (Wildman–Crippen LogP) is 4.67. The van der Waals surface area contributed by atoms with E-state index in [2.05, 4.69) is 38.0 Å². The Bertz CT molecular complexity index is 1410. The summed E-state index contributed by atoms with van der Waals surface area (Å²) < 4.78 is 13.1. The number of ether oxygens (including phenoxy) is 2. The second kappa shape index (κ2) is 14.4. The van der Waals surface area contributed by atoms with Crippen LogP contribution in [0.3, 0.4) is 0 Å². The average Bonchev–Trinajstić information content (AvgIpc) is 3.57. The zero-order valence-corrected chi connectivity index (χ0v) is 24.2. The van der Waals surface area contributed by atoms with Gasteiger partial charge in [0.05, 0.1) is 25.5 Å². The Morgan fingerprint density at radius 3 is 2.35 bits per heavy atom. The predicted molar refractivity (Wildman–Crippen MR) is 155 cm³/mol. The minimum Gasteiger partial charge on any atom is -0.494 e. The number of hydrogen-bond acceptors (Lipinski definition) is 10. The van der Waals surface area contributed by atoms with Gasteiger partial charge in [0.15, 0.2) is 11.0 Å². The van der Waals surface area contributed by atoms with Gasteiger partial charge in [-0.05, 0) is 68.8 Å². The van der Waals surface area contributed by atoms with Gasteiger partial charge >= 0.3 is 0 Å². The second-order valence-corrected chi connectivity index (χ2v) is 10.7. The Labute approximate surface area is 240 Å². The van der Waals surface area contributed by atoms with E-state index in [9.17, 15) is 9.59 Å². The van der Waals surface area contributed by atoms with Crippen molar-refractivity contribution in [3.8, 4) is 17.2 Å². The first-order valence-corrected chi connectivity index (χ1v) is 14.7. The van der Waals surface area contributed by atoms with E-state index < -0.39 is 0 Å². The monoisotopic (exact) mass is 581 g/mol. The summed E-state index contributed by atoms with van der Waals surface area (Å²) in [5.41, 5.74) is 1.28. The average molecular weight is 582 g/mol. The Hall–Kier alpha value is -3.97. The molecule has 11 nitrogen and oxygen atoms in total. The topological polar surface area (TPSA) is 133 Å². The maximum absolute atomic E-state index is 12.9. The highest BCUT2D eigenvalue weighted by molar-refractivity contribution is 7.99. The lowest BCUT2D eigenvalue weighted by Crippen LogP contribution is -2.24. The van der Waals surface area contributed by atoms with Gasteiger partial charge in [0, 0.05) is 11.3 Å². The number of thioether (sulfide) groups is 1. The molecule has 0 unspecified atom stereocenters. The molecule has 0 aliphatic rings. The molecule has 4 aromatic rings. The maximum Gasteiger partial charge on any atom is 0.251 e. The van der Waals surface area contributed by atoms with Crippen LogP contribution in [0.5, 0.6) is 11.5 Å². The Morgan fingerprint density at radius 2 is 1.68 bits per heavy atom. The van der Waals surface area contributed by atoms with Crippen molar-refractivity contribution in [3.63, 3.8) is 0 Å². The lowest BCUT2D eigenvalue weighted by Gasteiger charge is -2.12. The summed E-state index contributed by atoms with van der Waals surface area (Å²) in [6.45, 7) is 7.18. The van der Waals surface area contributed by atoms with Crippen LogP contribution in [0.2, 0.25) is 0 Å². The summed E-state index contributed by atoms with van der Waals surface area (Å²) in [4.78, 5) is 25.4. The van der Waals surface area contributed by atoms with E-state index in [4.69, 9.17) is 9.47 Å².